The molecule has 0 bridgehead atoms. The number of carbonyl (C=O) groups is 2. The molecular weight excluding hydrogens is 462 g/mol. The van der Waals surface area contributed by atoms with Crippen LogP contribution in [0.1, 0.15) is 31.9 Å². The van der Waals surface area contributed by atoms with E-state index < -0.39 is 28.5 Å². The third kappa shape index (κ3) is 7.75. The lowest BCUT2D eigenvalue weighted by atomic mass is 10.1. The number of amides is 2. The largest absolute Gasteiger partial charge is 0.354 e. The Morgan fingerprint density at radius 1 is 1.06 bits per heavy atom. The van der Waals surface area contributed by atoms with Crippen molar-refractivity contribution in [2.75, 3.05) is 23.7 Å². The molecule has 0 heterocycles. The Labute approximate surface area is 201 Å². The quantitative estimate of drug-likeness (QED) is 0.547. The van der Waals surface area contributed by atoms with E-state index in [9.17, 15) is 18.0 Å². The molecule has 2 aromatic carbocycles. The molecule has 0 radical (unpaired) electrons. The second-order valence-electron chi connectivity index (χ2n) is 8.53. The lowest BCUT2D eigenvalue weighted by Crippen LogP contribution is -2.51. The number of aryl methyl sites for hydroxylation is 1. The minimum Gasteiger partial charge on any atom is -0.354 e. The molecule has 1 N–H and O–H groups in total. The first-order chi connectivity index (χ1) is 15.4. The van der Waals surface area contributed by atoms with E-state index in [1.165, 1.54) is 11.0 Å². The van der Waals surface area contributed by atoms with Crippen LogP contribution in [-0.4, -0.2) is 50.5 Å². The van der Waals surface area contributed by atoms with Gasteiger partial charge in [0.1, 0.15) is 12.6 Å². The third-order valence-corrected chi connectivity index (χ3v) is 6.72. The first-order valence-electron chi connectivity index (χ1n) is 10.7. The van der Waals surface area contributed by atoms with Crippen molar-refractivity contribution in [2.45, 2.75) is 40.3 Å². The summed E-state index contributed by atoms with van der Waals surface area (Å²) in [6.07, 6.45) is 1.04. The van der Waals surface area contributed by atoms with Crippen LogP contribution in [0.4, 0.5) is 5.69 Å². The molecule has 0 spiro atoms. The van der Waals surface area contributed by atoms with E-state index in [0.717, 1.165) is 21.7 Å². The van der Waals surface area contributed by atoms with Gasteiger partial charge in [-0.25, -0.2) is 8.42 Å². The van der Waals surface area contributed by atoms with Gasteiger partial charge in [0, 0.05) is 18.1 Å². The molecule has 0 unspecified atom stereocenters. The van der Waals surface area contributed by atoms with E-state index in [4.69, 9.17) is 11.6 Å². The lowest BCUT2D eigenvalue weighted by Gasteiger charge is -2.31. The van der Waals surface area contributed by atoms with Crippen molar-refractivity contribution >= 4 is 39.1 Å². The molecule has 2 rings (SSSR count). The van der Waals surface area contributed by atoms with Gasteiger partial charge in [-0.15, -0.1) is 0 Å². The molecule has 9 heteroatoms. The molecule has 0 aliphatic heterocycles. The van der Waals surface area contributed by atoms with Crippen LogP contribution in [0.15, 0.2) is 48.5 Å². The van der Waals surface area contributed by atoms with Crippen LogP contribution in [0, 0.1) is 12.8 Å². The van der Waals surface area contributed by atoms with E-state index in [1.807, 2.05) is 44.2 Å². The highest BCUT2D eigenvalue weighted by Crippen LogP contribution is 2.25. The van der Waals surface area contributed by atoms with Crippen LogP contribution in [0.25, 0.3) is 0 Å². The minimum atomic E-state index is -3.79. The molecule has 0 aliphatic rings. The molecule has 0 saturated carbocycles. The maximum Gasteiger partial charge on any atom is 0.244 e. The Balaban J connectivity index is 2.36. The van der Waals surface area contributed by atoms with E-state index >= 15 is 0 Å². The van der Waals surface area contributed by atoms with E-state index in [2.05, 4.69) is 5.32 Å². The van der Waals surface area contributed by atoms with Crippen LogP contribution in [0.2, 0.25) is 5.02 Å². The number of rotatable bonds is 10. The number of hydrogen-bond donors (Lipinski definition) is 1. The topological polar surface area (TPSA) is 86.8 Å². The maximum atomic E-state index is 13.4. The van der Waals surface area contributed by atoms with Gasteiger partial charge < -0.3 is 10.2 Å². The third-order valence-electron chi connectivity index (χ3n) is 5.17. The molecule has 180 valence electrons. The Morgan fingerprint density at radius 2 is 1.70 bits per heavy atom. The van der Waals surface area contributed by atoms with E-state index in [1.54, 1.807) is 26.0 Å². The summed E-state index contributed by atoms with van der Waals surface area (Å²) in [5, 5.41) is 3.25. The molecule has 7 nitrogen and oxygen atoms in total. The van der Waals surface area contributed by atoms with Crippen molar-refractivity contribution in [1.29, 1.82) is 0 Å². The van der Waals surface area contributed by atoms with Gasteiger partial charge in [-0.1, -0.05) is 61.8 Å². The average molecular weight is 494 g/mol. The molecule has 1 atom stereocenters. The normalized spacial score (nSPS) is 12.3. The zero-order valence-corrected chi connectivity index (χ0v) is 21.3. The predicted molar refractivity (Wildman–Crippen MR) is 133 cm³/mol. The SMILES string of the molecule is Cc1ccc(N(CC(=O)N(Cc2ccccc2)[C@@H](C)C(=O)NCC(C)C)S(C)(=O)=O)cc1Cl. The smallest absolute Gasteiger partial charge is 0.244 e. The summed E-state index contributed by atoms with van der Waals surface area (Å²) >= 11 is 6.20. The molecule has 0 saturated heterocycles. The summed E-state index contributed by atoms with van der Waals surface area (Å²) in [5.74, 6) is -0.531. The molecule has 0 aromatic heterocycles. The standard InChI is InChI=1S/C24H32ClN3O4S/c1-17(2)14-26-24(30)19(4)27(15-20-9-7-6-8-10-20)23(29)16-28(33(5,31)32)21-12-11-18(3)22(25)13-21/h6-13,17,19H,14-16H2,1-5H3,(H,26,30)/t19-/m0/s1. The fraction of sp³-hybridized carbons (Fsp3) is 0.417. The van der Waals surface area contributed by atoms with E-state index in [-0.39, 0.29) is 24.1 Å². The highest BCUT2D eigenvalue weighted by Gasteiger charge is 2.30. The van der Waals surface area contributed by atoms with Gasteiger partial charge >= 0.3 is 0 Å². The number of anilines is 1. The van der Waals surface area contributed by atoms with Gasteiger partial charge in [0.2, 0.25) is 21.8 Å². The zero-order valence-electron chi connectivity index (χ0n) is 19.7. The van der Waals surface area contributed by atoms with Gasteiger partial charge in [-0.3, -0.25) is 13.9 Å². The van der Waals surface area contributed by atoms with Crippen molar-refractivity contribution in [1.82, 2.24) is 10.2 Å². The summed E-state index contributed by atoms with van der Waals surface area (Å²) in [6, 6.07) is 13.3. The number of halogens is 1. The van der Waals surface area contributed by atoms with Crippen LogP contribution < -0.4 is 9.62 Å². The fourth-order valence-electron chi connectivity index (χ4n) is 3.17. The average Bonchev–Trinajstić information content (AvgIpc) is 2.75. The van der Waals surface area contributed by atoms with Crippen LogP contribution in [-0.2, 0) is 26.2 Å². The second kappa shape index (κ2) is 11.5. The highest BCUT2D eigenvalue weighted by molar-refractivity contribution is 7.92. The molecular formula is C24H32ClN3O4S. The van der Waals surface area contributed by atoms with Gasteiger partial charge in [0.15, 0.2) is 0 Å². The molecule has 0 fully saturated rings. The molecule has 33 heavy (non-hydrogen) atoms. The Bertz CT molecular complexity index is 1070. The lowest BCUT2D eigenvalue weighted by molar-refractivity contribution is -0.139. The van der Waals surface area contributed by atoms with Crippen molar-refractivity contribution in [3.63, 3.8) is 0 Å². The van der Waals surface area contributed by atoms with Crippen LogP contribution in [0.3, 0.4) is 0 Å². The highest BCUT2D eigenvalue weighted by atomic mass is 35.5. The number of sulfonamides is 1. The summed E-state index contributed by atoms with van der Waals surface area (Å²) in [6.45, 7) is 7.61. The van der Waals surface area contributed by atoms with Gasteiger partial charge in [-0.2, -0.15) is 0 Å². The number of hydrogen-bond acceptors (Lipinski definition) is 4. The van der Waals surface area contributed by atoms with E-state index in [0.29, 0.717) is 11.6 Å². The Morgan fingerprint density at radius 3 is 2.24 bits per heavy atom. The summed E-state index contributed by atoms with van der Waals surface area (Å²) < 4.78 is 26.1. The van der Waals surface area contributed by atoms with Crippen LogP contribution >= 0.6 is 11.6 Å². The van der Waals surface area contributed by atoms with Crippen molar-refractivity contribution in [3.05, 3.63) is 64.7 Å². The molecule has 2 aromatic rings. The predicted octanol–water partition coefficient (Wildman–Crippen LogP) is 3.60. The number of nitrogens with one attached hydrogen (secondary N) is 1. The summed E-state index contributed by atoms with van der Waals surface area (Å²) in [4.78, 5) is 27.6. The van der Waals surface area contributed by atoms with Crippen molar-refractivity contribution in [3.8, 4) is 0 Å². The van der Waals surface area contributed by atoms with Crippen molar-refractivity contribution in [2.24, 2.45) is 5.92 Å². The first kappa shape index (κ1) is 26.7. The van der Waals surface area contributed by atoms with Gasteiger partial charge in [0.05, 0.1) is 11.9 Å². The summed E-state index contributed by atoms with van der Waals surface area (Å²) in [5.41, 5.74) is 1.91. The zero-order chi connectivity index (χ0) is 24.8. The number of nitrogens with zero attached hydrogens (tertiary/aromatic N) is 2. The van der Waals surface area contributed by atoms with Gasteiger partial charge in [0.25, 0.3) is 0 Å². The Hall–Kier alpha value is -2.58. The Kier molecular flexibility index (Phi) is 9.31. The fourth-order valence-corrected chi connectivity index (χ4v) is 4.18. The molecule has 2 amide bonds. The monoisotopic (exact) mass is 493 g/mol. The van der Waals surface area contributed by atoms with Crippen LogP contribution in [0.5, 0.6) is 0 Å². The second-order valence-corrected chi connectivity index (χ2v) is 10.8. The minimum absolute atomic E-state index is 0.169. The summed E-state index contributed by atoms with van der Waals surface area (Å²) in [7, 11) is -3.79. The van der Waals surface area contributed by atoms with Gasteiger partial charge in [-0.05, 0) is 43.0 Å². The number of benzene rings is 2. The number of carbonyl (C=O) groups excluding carboxylic acids is 2. The maximum absolute atomic E-state index is 13.4. The molecule has 0 aliphatic carbocycles. The van der Waals surface area contributed by atoms with Crippen molar-refractivity contribution < 1.29 is 18.0 Å². The first-order valence-corrected chi connectivity index (χ1v) is 13.0.